The Morgan fingerprint density at radius 1 is 1.25 bits per heavy atom. The summed E-state index contributed by atoms with van der Waals surface area (Å²) in [5, 5.41) is 0. The van der Waals surface area contributed by atoms with Crippen LogP contribution >= 0.6 is 11.3 Å². The maximum atomic E-state index is 12.2. The quantitative estimate of drug-likeness (QED) is 0.516. The molecule has 1 aromatic heterocycles. The van der Waals surface area contributed by atoms with Gasteiger partial charge in [-0.15, -0.1) is 6.58 Å². The number of thiazole rings is 1. The van der Waals surface area contributed by atoms with Gasteiger partial charge in [0.25, 0.3) is 5.91 Å². The molecule has 2 aromatic carbocycles. The topological polar surface area (TPSA) is 34.4 Å². The van der Waals surface area contributed by atoms with Gasteiger partial charge in [-0.05, 0) is 36.3 Å². The average molecular weight is 334 g/mol. The van der Waals surface area contributed by atoms with Crippen LogP contribution in [0.3, 0.4) is 0 Å². The van der Waals surface area contributed by atoms with Gasteiger partial charge < -0.3 is 4.57 Å². The normalized spacial score (nSPS) is 12.1. The maximum absolute atomic E-state index is 12.2. The number of benzene rings is 2. The summed E-state index contributed by atoms with van der Waals surface area (Å²) in [6, 6.07) is 16.0. The summed E-state index contributed by atoms with van der Waals surface area (Å²) < 4.78 is 3.14. The molecule has 3 aromatic rings. The second-order valence-electron chi connectivity index (χ2n) is 5.45. The van der Waals surface area contributed by atoms with Crippen LogP contribution in [0.5, 0.6) is 0 Å². The van der Waals surface area contributed by atoms with Crippen LogP contribution in [0.25, 0.3) is 16.3 Å². The molecule has 0 spiro atoms. The van der Waals surface area contributed by atoms with E-state index >= 15 is 0 Å². The average Bonchev–Trinajstić information content (AvgIpc) is 2.91. The second-order valence-corrected chi connectivity index (χ2v) is 6.46. The van der Waals surface area contributed by atoms with E-state index in [4.69, 9.17) is 0 Å². The van der Waals surface area contributed by atoms with Crippen molar-refractivity contribution in [1.29, 1.82) is 0 Å². The van der Waals surface area contributed by atoms with Gasteiger partial charge in [0.05, 0.1) is 10.2 Å². The number of hydrogen-bond donors (Lipinski definition) is 0. The third-order valence-corrected chi connectivity index (χ3v) is 4.61. The Morgan fingerprint density at radius 3 is 2.79 bits per heavy atom. The van der Waals surface area contributed by atoms with Gasteiger partial charge in [-0.1, -0.05) is 53.8 Å². The molecular weight excluding hydrogens is 316 g/mol. The van der Waals surface area contributed by atoms with Crippen LogP contribution in [-0.2, 0) is 11.3 Å². The Kier molecular flexibility index (Phi) is 4.87. The molecule has 0 saturated carbocycles. The SMILES string of the molecule is C=CCn1c(=NC(=O)C=Cc2ccccc2)sc2cc(C)ccc21. The number of nitrogens with zero attached hydrogens (tertiary/aromatic N) is 2. The molecular formula is C20H18N2OS. The molecule has 3 nitrogen and oxygen atoms in total. The molecule has 0 aliphatic heterocycles. The number of amides is 1. The van der Waals surface area contributed by atoms with Crippen molar-refractivity contribution in [1.82, 2.24) is 4.57 Å². The minimum atomic E-state index is -0.264. The number of hydrogen-bond acceptors (Lipinski definition) is 2. The molecule has 120 valence electrons. The lowest BCUT2D eigenvalue weighted by atomic mass is 10.2. The van der Waals surface area contributed by atoms with Crippen LogP contribution in [0, 0.1) is 6.92 Å². The Hall–Kier alpha value is -2.72. The van der Waals surface area contributed by atoms with Crippen LogP contribution in [0.2, 0.25) is 0 Å². The van der Waals surface area contributed by atoms with E-state index in [1.165, 1.54) is 23.0 Å². The summed E-state index contributed by atoms with van der Waals surface area (Å²) in [4.78, 5) is 17.2. The molecule has 24 heavy (non-hydrogen) atoms. The highest BCUT2D eigenvalue weighted by Crippen LogP contribution is 2.19. The molecule has 0 atom stereocenters. The predicted octanol–water partition coefficient (Wildman–Crippen LogP) is 4.34. The van der Waals surface area contributed by atoms with Crippen LogP contribution in [-0.4, -0.2) is 10.5 Å². The first-order valence-corrected chi connectivity index (χ1v) is 8.52. The summed E-state index contributed by atoms with van der Waals surface area (Å²) in [5.41, 5.74) is 3.24. The van der Waals surface area contributed by atoms with E-state index in [-0.39, 0.29) is 5.91 Å². The zero-order valence-electron chi connectivity index (χ0n) is 13.5. The first kappa shape index (κ1) is 16.1. The fourth-order valence-electron chi connectivity index (χ4n) is 2.43. The summed E-state index contributed by atoms with van der Waals surface area (Å²) in [6.45, 7) is 6.48. The third kappa shape index (κ3) is 3.60. The zero-order valence-corrected chi connectivity index (χ0v) is 14.3. The first-order chi connectivity index (χ1) is 11.7. The minimum absolute atomic E-state index is 0.264. The van der Waals surface area contributed by atoms with Gasteiger partial charge in [0.1, 0.15) is 0 Å². The minimum Gasteiger partial charge on any atom is -0.312 e. The lowest BCUT2D eigenvalue weighted by molar-refractivity contribution is -0.113. The molecule has 0 fully saturated rings. The van der Waals surface area contributed by atoms with Gasteiger partial charge >= 0.3 is 0 Å². The number of aryl methyl sites for hydroxylation is 1. The molecule has 0 bridgehead atoms. The smallest absolute Gasteiger partial charge is 0.272 e. The predicted molar refractivity (Wildman–Crippen MR) is 101 cm³/mol. The highest BCUT2D eigenvalue weighted by Gasteiger charge is 2.06. The van der Waals surface area contributed by atoms with E-state index in [0.29, 0.717) is 11.3 Å². The highest BCUT2D eigenvalue weighted by atomic mass is 32.1. The van der Waals surface area contributed by atoms with Crippen LogP contribution in [0.15, 0.2) is 72.3 Å². The van der Waals surface area contributed by atoms with Crippen molar-refractivity contribution in [3.05, 3.63) is 83.2 Å². The molecule has 0 N–H and O–H groups in total. The van der Waals surface area contributed by atoms with Gasteiger partial charge in [-0.3, -0.25) is 4.79 Å². The number of rotatable bonds is 4. The molecule has 0 unspecified atom stereocenters. The molecule has 0 aliphatic carbocycles. The fraction of sp³-hybridized carbons (Fsp3) is 0.100. The van der Waals surface area contributed by atoms with Crippen molar-refractivity contribution in [3.63, 3.8) is 0 Å². The highest BCUT2D eigenvalue weighted by molar-refractivity contribution is 7.16. The Balaban J connectivity index is 1.99. The van der Waals surface area contributed by atoms with Crippen molar-refractivity contribution < 1.29 is 4.79 Å². The van der Waals surface area contributed by atoms with Crippen molar-refractivity contribution in [3.8, 4) is 0 Å². The van der Waals surface area contributed by atoms with Gasteiger partial charge in [0.2, 0.25) is 0 Å². The van der Waals surface area contributed by atoms with Crippen LogP contribution < -0.4 is 4.80 Å². The Bertz CT molecular complexity index is 978. The van der Waals surface area contributed by atoms with Crippen LogP contribution in [0.4, 0.5) is 0 Å². The number of aromatic nitrogens is 1. The summed E-state index contributed by atoms with van der Waals surface area (Å²) >= 11 is 1.52. The monoisotopic (exact) mass is 334 g/mol. The van der Waals surface area contributed by atoms with E-state index in [1.807, 2.05) is 41.0 Å². The van der Waals surface area contributed by atoms with Gasteiger partial charge in [-0.25, -0.2) is 0 Å². The standard InChI is InChI=1S/C20H18N2OS/c1-3-13-22-17-11-9-15(2)14-18(17)24-20(22)21-19(23)12-10-16-7-5-4-6-8-16/h3-12,14H,1,13H2,2H3. The number of carbonyl (C=O) groups excluding carboxylic acids is 1. The van der Waals surface area contributed by atoms with Gasteiger partial charge in [-0.2, -0.15) is 4.99 Å². The lowest BCUT2D eigenvalue weighted by Gasteiger charge is -2.00. The molecule has 3 rings (SSSR count). The van der Waals surface area contributed by atoms with Crippen molar-refractivity contribution in [2.24, 2.45) is 4.99 Å². The third-order valence-electron chi connectivity index (χ3n) is 3.57. The summed E-state index contributed by atoms with van der Waals surface area (Å²) in [5.74, 6) is -0.264. The summed E-state index contributed by atoms with van der Waals surface area (Å²) in [6.07, 6.45) is 5.10. The molecule has 0 radical (unpaired) electrons. The number of allylic oxidation sites excluding steroid dienone is 1. The second kappa shape index (κ2) is 7.23. The van der Waals surface area contributed by atoms with Gasteiger partial charge in [0, 0.05) is 12.6 Å². The largest absolute Gasteiger partial charge is 0.312 e. The lowest BCUT2D eigenvalue weighted by Crippen LogP contribution is -2.15. The van der Waals surface area contributed by atoms with Crippen molar-refractivity contribution in [2.75, 3.05) is 0 Å². The number of fused-ring (bicyclic) bond motifs is 1. The van der Waals surface area contributed by atoms with E-state index in [2.05, 4.69) is 36.7 Å². The van der Waals surface area contributed by atoms with E-state index < -0.39 is 0 Å². The van der Waals surface area contributed by atoms with E-state index in [0.717, 1.165) is 15.8 Å². The number of carbonyl (C=O) groups is 1. The first-order valence-electron chi connectivity index (χ1n) is 7.70. The molecule has 0 saturated heterocycles. The Morgan fingerprint density at radius 2 is 2.04 bits per heavy atom. The van der Waals surface area contributed by atoms with E-state index in [9.17, 15) is 4.79 Å². The van der Waals surface area contributed by atoms with Crippen LogP contribution in [0.1, 0.15) is 11.1 Å². The molecule has 1 amide bonds. The van der Waals surface area contributed by atoms with E-state index in [1.54, 1.807) is 6.08 Å². The van der Waals surface area contributed by atoms with Crippen molar-refractivity contribution in [2.45, 2.75) is 13.5 Å². The van der Waals surface area contributed by atoms with Crippen molar-refractivity contribution >= 4 is 33.5 Å². The maximum Gasteiger partial charge on any atom is 0.272 e. The fourth-order valence-corrected chi connectivity index (χ4v) is 3.58. The molecule has 4 heteroatoms. The summed E-state index contributed by atoms with van der Waals surface area (Å²) in [7, 11) is 0. The Labute approximate surface area is 144 Å². The molecule has 1 heterocycles. The zero-order chi connectivity index (χ0) is 16.9. The van der Waals surface area contributed by atoms with Gasteiger partial charge in [0.15, 0.2) is 4.80 Å². The molecule has 0 aliphatic rings.